The molecule has 0 aliphatic rings. The Bertz CT molecular complexity index is 820. The zero-order valence-corrected chi connectivity index (χ0v) is 15.0. The van der Waals surface area contributed by atoms with Crippen LogP contribution in [0.1, 0.15) is 28.9 Å². The van der Waals surface area contributed by atoms with Crippen molar-refractivity contribution in [2.24, 2.45) is 0 Å². The molecule has 0 amide bonds. The average Bonchev–Trinajstić information content (AvgIpc) is 2.54. The first-order valence-corrected chi connectivity index (χ1v) is 9.07. The third-order valence-electron chi connectivity index (χ3n) is 3.25. The van der Waals surface area contributed by atoms with Crippen LogP contribution in [-0.4, -0.2) is 21.5 Å². The summed E-state index contributed by atoms with van der Waals surface area (Å²) in [5, 5.41) is 0. The second-order valence-electron chi connectivity index (χ2n) is 4.92. The molecule has 0 fully saturated rings. The fraction of sp³-hybridized carbons (Fsp3) is 0.188. The van der Waals surface area contributed by atoms with Crippen LogP contribution in [0.2, 0.25) is 0 Å². The van der Waals surface area contributed by atoms with E-state index < -0.39 is 22.0 Å². The van der Waals surface area contributed by atoms with E-state index in [-0.39, 0.29) is 10.5 Å². The Morgan fingerprint density at radius 2 is 1.87 bits per heavy atom. The van der Waals surface area contributed by atoms with Crippen LogP contribution in [0.25, 0.3) is 0 Å². The summed E-state index contributed by atoms with van der Waals surface area (Å²) in [5.74, 6) is -0.581. The number of halogens is 1. The van der Waals surface area contributed by atoms with E-state index in [0.717, 1.165) is 10.0 Å². The Morgan fingerprint density at radius 1 is 1.17 bits per heavy atom. The van der Waals surface area contributed by atoms with E-state index in [1.807, 2.05) is 24.3 Å². The van der Waals surface area contributed by atoms with Gasteiger partial charge in [-0.2, -0.15) is 0 Å². The van der Waals surface area contributed by atoms with E-state index in [4.69, 9.17) is 0 Å². The molecule has 0 aliphatic carbocycles. The molecule has 1 atom stereocenters. The van der Waals surface area contributed by atoms with Gasteiger partial charge in [0.25, 0.3) is 0 Å². The van der Waals surface area contributed by atoms with Crippen LogP contribution in [0.4, 0.5) is 0 Å². The molecule has 0 bridgehead atoms. The lowest BCUT2D eigenvalue weighted by Gasteiger charge is -2.15. The van der Waals surface area contributed by atoms with Crippen molar-refractivity contribution < 1.29 is 17.9 Å². The normalized spacial score (nSPS) is 12.7. The summed E-state index contributed by atoms with van der Waals surface area (Å²) in [7, 11) is -2.51. The minimum Gasteiger partial charge on any atom is -0.465 e. The molecule has 23 heavy (non-hydrogen) atoms. The summed E-state index contributed by atoms with van der Waals surface area (Å²) >= 11 is 3.36. The number of carbonyl (C=O) groups is 1. The lowest BCUT2D eigenvalue weighted by atomic mass is 10.1. The molecule has 0 radical (unpaired) electrons. The molecule has 0 saturated carbocycles. The number of rotatable bonds is 5. The quantitative estimate of drug-likeness (QED) is 0.785. The minimum atomic E-state index is -3.76. The Morgan fingerprint density at radius 3 is 2.52 bits per heavy atom. The van der Waals surface area contributed by atoms with E-state index in [1.165, 1.54) is 31.4 Å². The number of methoxy groups -OCH3 is 1. The van der Waals surface area contributed by atoms with Crippen molar-refractivity contribution in [3.63, 3.8) is 0 Å². The standard InChI is InChI=1S/C16H16BrNO4S/c1-11(12-5-3-7-14(17)9-12)18-23(20,21)15-8-4-6-13(10-15)16(19)22-2/h3-11,18H,1-2H3. The van der Waals surface area contributed by atoms with Crippen LogP contribution in [0.15, 0.2) is 57.9 Å². The van der Waals surface area contributed by atoms with Gasteiger partial charge in [0.2, 0.25) is 10.0 Å². The van der Waals surface area contributed by atoms with Crippen molar-refractivity contribution in [3.8, 4) is 0 Å². The number of ether oxygens (including phenoxy) is 1. The summed E-state index contributed by atoms with van der Waals surface area (Å²) in [6, 6.07) is 12.7. The van der Waals surface area contributed by atoms with Crippen LogP contribution >= 0.6 is 15.9 Å². The molecule has 2 aromatic carbocycles. The third-order valence-corrected chi connectivity index (χ3v) is 5.28. The van der Waals surface area contributed by atoms with Crippen molar-refractivity contribution >= 4 is 31.9 Å². The van der Waals surface area contributed by atoms with Gasteiger partial charge in [0.15, 0.2) is 0 Å². The summed E-state index contributed by atoms with van der Waals surface area (Å²) in [6.45, 7) is 1.75. The first-order valence-electron chi connectivity index (χ1n) is 6.79. The first kappa shape index (κ1) is 17.7. The summed E-state index contributed by atoms with van der Waals surface area (Å²) in [4.78, 5) is 11.5. The molecule has 0 spiro atoms. The van der Waals surface area contributed by atoms with Crippen LogP contribution in [0.3, 0.4) is 0 Å². The Balaban J connectivity index is 2.27. The van der Waals surface area contributed by atoms with Gasteiger partial charge in [0.1, 0.15) is 0 Å². The number of benzene rings is 2. The number of sulfonamides is 1. The van der Waals surface area contributed by atoms with E-state index in [0.29, 0.717) is 0 Å². The number of hydrogen-bond donors (Lipinski definition) is 1. The Labute approximate surface area is 143 Å². The first-order chi connectivity index (χ1) is 10.8. The van der Waals surface area contributed by atoms with Crippen molar-refractivity contribution in [2.45, 2.75) is 17.9 Å². The topological polar surface area (TPSA) is 72.5 Å². The molecule has 1 N–H and O–H groups in total. The molecule has 0 saturated heterocycles. The van der Waals surface area contributed by atoms with Gasteiger partial charge in [0.05, 0.1) is 17.6 Å². The number of nitrogens with one attached hydrogen (secondary N) is 1. The van der Waals surface area contributed by atoms with E-state index in [1.54, 1.807) is 6.92 Å². The Hall–Kier alpha value is -1.70. The van der Waals surface area contributed by atoms with E-state index in [2.05, 4.69) is 25.4 Å². The van der Waals surface area contributed by atoms with Crippen LogP contribution in [0, 0.1) is 0 Å². The second-order valence-corrected chi connectivity index (χ2v) is 7.55. The number of carbonyl (C=O) groups excluding carboxylic acids is 1. The highest BCUT2D eigenvalue weighted by Crippen LogP contribution is 2.21. The highest BCUT2D eigenvalue weighted by atomic mass is 79.9. The molecule has 0 aliphatic heterocycles. The second kappa shape index (κ2) is 7.25. The molecule has 0 aromatic heterocycles. The maximum atomic E-state index is 12.5. The SMILES string of the molecule is COC(=O)c1cccc(S(=O)(=O)NC(C)c2cccc(Br)c2)c1. The van der Waals surface area contributed by atoms with Crippen LogP contribution < -0.4 is 4.72 Å². The Kier molecular flexibility index (Phi) is 5.56. The number of hydrogen-bond acceptors (Lipinski definition) is 4. The maximum Gasteiger partial charge on any atom is 0.337 e. The fourth-order valence-electron chi connectivity index (χ4n) is 2.05. The molecule has 0 heterocycles. The van der Waals surface area contributed by atoms with Crippen molar-refractivity contribution in [1.29, 1.82) is 0 Å². The highest BCUT2D eigenvalue weighted by Gasteiger charge is 2.20. The van der Waals surface area contributed by atoms with Gasteiger partial charge < -0.3 is 4.74 Å². The van der Waals surface area contributed by atoms with Crippen molar-refractivity contribution in [2.75, 3.05) is 7.11 Å². The van der Waals surface area contributed by atoms with Gasteiger partial charge in [-0.15, -0.1) is 0 Å². The van der Waals surface area contributed by atoms with E-state index in [9.17, 15) is 13.2 Å². The van der Waals surface area contributed by atoms with Gasteiger partial charge in [0, 0.05) is 10.5 Å². The lowest BCUT2D eigenvalue weighted by Crippen LogP contribution is -2.27. The van der Waals surface area contributed by atoms with Crippen LogP contribution in [-0.2, 0) is 14.8 Å². The number of esters is 1. The molecule has 7 heteroatoms. The van der Waals surface area contributed by atoms with Gasteiger partial charge in [-0.1, -0.05) is 34.1 Å². The maximum absolute atomic E-state index is 12.5. The van der Waals surface area contributed by atoms with Crippen molar-refractivity contribution in [1.82, 2.24) is 4.72 Å². The van der Waals surface area contributed by atoms with Crippen molar-refractivity contribution in [3.05, 3.63) is 64.1 Å². The van der Waals surface area contributed by atoms with Gasteiger partial charge in [-0.3, -0.25) is 0 Å². The smallest absolute Gasteiger partial charge is 0.337 e. The molecular weight excluding hydrogens is 382 g/mol. The van der Waals surface area contributed by atoms with Crippen LogP contribution in [0.5, 0.6) is 0 Å². The summed E-state index contributed by atoms with van der Waals surface area (Å²) in [5.41, 5.74) is 1.01. The largest absolute Gasteiger partial charge is 0.465 e. The zero-order valence-electron chi connectivity index (χ0n) is 12.6. The van der Waals surface area contributed by atoms with E-state index >= 15 is 0 Å². The predicted octanol–water partition coefficient (Wildman–Crippen LogP) is 3.28. The fourth-order valence-corrected chi connectivity index (χ4v) is 3.75. The summed E-state index contributed by atoms with van der Waals surface area (Å²) < 4.78 is 33.1. The highest BCUT2D eigenvalue weighted by molar-refractivity contribution is 9.10. The lowest BCUT2D eigenvalue weighted by molar-refractivity contribution is 0.0600. The molecular formula is C16H16BrNO4S. The predicted molar refractivity (Wildman–Crippen MR) is 90.7 cm³/mol. The minimum absolute atomic E-state index is 0.0160. The van der Waals surface area contributed by atoms with Gasteiger partial charge in [-0.25, -0.2) is 17.9 Å². The van der Waals surface area contributed by atoms with Gasteiger partial charge >= 0.3 is 5.97 Å². The molecule has 1 unspecified atom stereocenters. The summed E-state index contributed by atoms with van der Waals surface area (Å²) in [6.07, 6.45) is 0. The zero-order chi connectivity index (χ0) is 17.0. The molecule has 122 valence electrons. The molecule has 2 rings (SSSR count). The monoisotopic (exact) mass is 397 g/mol. The molecule has 5 nitrogen and oxygen atoms in total. The average molecular weight is 398 g/mol. The molecule has 2 aromatic rings. The third kappa shape index (κ3) is 4.40. The van der Waals surface area contributed by atoms with Gasteiger partial charge in [-0.05, 0) is 42.8 Å².